The van der Waals surface area contributed by atoms with Crippen molar-refractivity contribution in [1.82, 2.24) is 30.3 Å². The van der Waals surface area contributed by atoms with Gasteiger partial charge in [-0.1, -0.05) is 23.8 Å². The van der Waals surface area contributed by atoms with E-state index in [0.717, 1.165) is 26.1 Å². The number of carboxylic acids is 1. The number of amides is 3. The molecule has 1 aliphatic rings. The summed E-state index contributed by atoms with van der Waals surface area (Å²) in [5.74, 6) is 4.56. The summed E-state index contributed by atoms with van der Waals surface area (Å²) in [6.45, 7) is 5.42. The number of aldehydes is 1. The number of nitrogen functional groups attached to an aromatic ring is 1. The number of oxime groups is 1. The van der Waals surface area contributed by atoms with Crippen LogP contribution in [0.25, 0.3) is 0 Å². The number of rotatable bonds is 16. The summed E-state index contributed by atoms with van der Waals surface area (Å²) in [5, 5.41) is 32.3. The standard InChI is InChI=1S/C26H34N8O7S4/c1-4-19(36)30-13(2)23(37)29-7-8-42-11-15-9-28-6-5-17(15)44-18-12-43-25(32-20(18)26(39)40)16(10-35)31-24(38)21(33-41)22-14(3)45-34(22)27/h5-6,9-10,13,16,25,32,41H,4,7-8,11-12,27H2,1-3H3,(H,29,37)(H,30,36)(H,31,38)(H,39,40)/b33-21-/t13-,16+,25+/m0/s1. The summed E-state index contributed by atoms with van der Waals surface area (Å²) >= 11 is 5.20. The van der Waals surface area contributed by atoms with Gasteiger partial charge in [0.1, 0.15) is 35.1 Å². The van der Waals surface area contributed by atoms with E-state index in [1.165, 1.54) is 23.5 Å². The summed E-state index contributed by atoms with van der Waals surface area (Å²) in [4.78, 5) is 66.8. The number of pyridine rings is 1. The van der Waals surface area contributed by atoms with Crippen molar-refractivity contribution in [2.75, 3.05) is 23.9 Å². The molecule has 244 valence electrons. The average Bonchev–Trinajstić information content (AvgIpc) is 3.02. The lowest BCUT2D eigenvalue weighted by Gasteiger charge is -2.31. The number of carbonyl (C=O) groups is 5. The number of carbonyl (C=O) groups excluding carboxylic acids is 4. The molecule has 8 N–H and O–H groups in total. The minimum absolute atomic E-state index is 0.106. The second-order valence-electron chi connectivity index (χ2n) is 9.46. The molecular weight excluding hydrogens is 665 g/mol. The fourth-order valence-electron chi connectivity index (χ4n) is 3.93. The second kappa shape index (κ2) is 17.1. The molecule has 3 amide bonds. The third-order valence-corrected chi connectivity index (χ3v) is 10.7. The normalized spacial score (nSPS) is 16.3. The Labute approximate surface area is 275 Å². The van der Waals surface area contributed by atoms with Crippen LogP contribution in [0, 0.1) is 6.92 Å². The van der Waals surface area contributed by atoms with Gasteiger partial charge >= 0.3 is 5.97 Å². The quantitative estimate of drug-likeness (QED) is 0.0322. The second-order valence-corrected chi connectivity index (χ2v) is 14.0. The van der Waals surface area contributed by atoms with E-state index in [2.05, 4.69) is 31.4 Å². The van der Waals surface area contributed by atoms with E-state index in [-0.39, 0.29) is 34.7 Å². The third-order valence-electron chi connectivity index (χ3n) is 6.26. The maximum absolute atomic E-state index is 12.8. The van der Waals surface area contributed by atoms with Gasteiger partial charge in [-0.05, 0) is 37.0 Å². The SMILES string of the molecule is CCC(=O)N[C@@H](C)C(=O)NCCSCc1cnccc1SC1=C(C(=O)O)N[C@@H]([C@@H](C=O)NC(=O)/C(=N\O)c2c(C)sn2N)SC1. The van der Waals surface area contributed by atoms with Crippen molar-refractivity contribution >= 4 is 82.5 Å². The van der Waals surface area contributed by atoms with Gasteiger partial charge in [0.2, 0.25) is 11.8 Å². The summed E-state index contributed by atoms with van der Waals surface area (Å²) in [6, 6.07) is 0.00103. The molecule has 2 aromatic rings. The molecule has 1 aliphatic heterocycles. The number of nitrogens with zero attached hydrogens (tertiary/aromatic N) is 3. The first kappa shape index (κ1) is 35.8. The van der Waals surface area contributed by atoms with Crippen molar-refractivity contribution in [2.24, 2.45) is 5.16 Å². The molecular formula is C26H34N8O7S4. The number of aryl methyl sites for hydroxylation is 1. The molecule has 3 atom stereocenters. The Morgan fingerprint density at radius 3 is 2.71 bits per heavy atom. The van der Waals surface area contributed by atoms with Gasteiger partial charge in [0.25, 0.3) is 5.91 Å². The first-order valence-corrected chi connectivity index (χ1v) is 17.3. The zero-order valence-electron chi connectivity index (χ0n) is 24.6. The van der Waals surface area contributed by atoms with E-state index >= 15 is 0 Å². The summed E-state index contributed by atoms with van der Waals surface area (Å²) in [5.41, 5.74) is 0.604. The van der Waals surface area contributed by atoms with Crippen LogP contribution in [0.15, 0.2) is 39.1 Å². The first-order valence-electron chi connectivity index (χ1n) is 13.5. The number of carboxylic acid groups (broad SMARTS) is 1. The monoisotopic (exact) mass is 698 g/mol. The number of hydrogen-bond donors (Lipinski definition) is 7. The summed E-state index contributed by atoms with van der Waals surface area (Å²) < 4.78 is 1.16. The number of aromatic nitrogens is 2. The van der Waals surface area contributed by atoms with Crippen molar-refractivity contribution in [3.8, 4) is 0 Å². The summed E-state index contributed by atoms with van der Waals surface area (Å²) in [6.07, 6.45) is 4.08. The Morgan fingerprint density at radius 1 is 1.33 bits per heavy atom. The Bertz CT molecular complexity index is 1460. The molecule has 3 heterocycles. The predicted octanol–water partition coefficient (Wildman–Crippen LogP) is 0.844. The molecule has 0 radical (unpaired) electrons. The Kier molecular flexibility index (Phi) is 13.6. The molecule has 0 spiro atoms. The molecule has 2 aromatic heterocycles. The summed E-state index contributed by atoms with van der Waals surface area (Å²) in [7, 11) is 0. The molecule has 0 aliphatic carbocycles. The van der Waals surface area contributed by atoms with E-state index in [1.54, 1.807) is 51.0 Å². The molecule has 0 bridgehead atoms. The maximum atomic E-state index is 12.8. The Hall–Kier alpha value is -3.68. The van der Waals surface area contributed by atoms with Crippen LogP contribution < -0.4 is 27.1 Å². The Morgan fingerprint density at radius 2 is 2.09 bits per heavy atom. The highest BCUT2D eigenvalue weighted by atomic mass is 32.2. The van der Waals surface area contributed by atoms with Crippen LogP contribution >= 0.6 is 46.8 Å². The van der Waals surface area contributed by atoms with Crippen molar-refractivity contribution in [3.05, 3.63) is 45.2 Å². The van der Waals surface area contributed by atoms with Crippen molar-refractivity contribution in [1.29, 1.82) is 0 Å². The molecule has 0 saturated heterocycles. The molecule has 15 nitrogen and oxygen atoms in total. The first-order chi connectivity index (χ1) is 21.5. The lowest BCUT2D eigenvalue weighted by molar-refractivity contribution is -0.133. The maximum Gasteiger partial charge on any atom is 0.352 e. The molecule has 45 heavy (non-hydrogen) atoms. The molecule has 3 rings (SSSR count). The van der Waals surface area contributed by atoms with E-state index in [1.807, 2.05) is 0 Å². The minimum atomic E-state index is -1.23. The van der Waals surface area contributed by atoms with Crippen LogP contribution in [0.2, 0.25) is 0 Å². The topological polar surface area (TPSA) is 230 Å². The Balaban J connectivity index is 1.61. The predicted molar refractivity (Wildman–Crippen MR) is 175 cm³/mol. The molecule has 0 saturated carbocycles. The van der Waals surface area contributed by atoms with Gasteiger partial charge in [-0.2, -0.15) is 11.8 Å². The van der Waals surface area contributed by atoms with Crippen LogP contribution in [0.4, 0.5) is 0 Å². The number of thioether (sulfide) groups is 3. The van der Waals surface area contributed by atoms with Gasteiger partial charge in [-0.25, -0.2) is 8.86 Å². The molecule has 19 heteroatoms. The fourth-order valence-corrected chi connectivity index (χ4v) is 7.97. The number of nitrogens with two attached hydrogens (primary N) is 1. The van der Waals surface area contributed by atoms with Crippen LogP contribution in [0.5, 0.6) is 0 Å². The van der Waals surface area contributed by atoms with Gasteiger partial charge in [0, 0.05) is 57.3 Å². The van der Waals surface area contributed by atoms with Crippen LogP contribution in [-0.2, 0) is 29.7 Å². The third kappa shape index (κ3) is 9.65. The smallest absolute Gasteiger partial charge is 0.352 e. The van der Waals surface area contributed by atoms with Gasteiger partial charge in [0.05, 0.1) is 0 Å². The number of nitrogens with one attached hydrogen (secondary N) is 4. The number of aliphatic carboxylic acids is 1. The van der Waals surface area contributed by atoms with E-state index in [4.69, 9.17) is 5.84 Å². The highest BCUT2D eigenvalue weighted by Gasteiger charge is 2.34. The number of hydrogen-bond acceptors (Lipinski definition) is 14. The van der Waals surface area contributed by atoms with Gasteiger partial charge in [0.15, 0.2) is 5.71 Å². The average molecular weight is 699 g/mol. The fraction of sp³-hybridized carbons (Fsp3) is 0.423. The highest BCUT2D eigenvalue weighted by Crippen LogP contribution is 2.38. The van der Waals surface area contributed by atoms with Gasteiger partial charge in [-0.15, -0.1) is 11.8 Å². The van der Waals surface area contributed by atoms with E-state index in [0.29, 0.717) is 40.5 Å². The van der Waals surface area contributed by atoms with Crippen LogP contribution in [0.1, 0.15) is 36.4 Å². The minimum Gasteiger partial charge on any atom is -0.477 e. The largest absolute Gasteiger partial charge is 0.477 e. The van der Waals surface area contributed by atoms with E-state index < -0.39 is 29.3 Å². The van der Waals surface area contributed by atoms with Crippen molar-refractivity contribution in [3.63, 3.8) is 0 Å². The highest BCUT2D eigenvalue weighted by molar-refractivity contribution is 8.06. The zero-order valence-corrected chi connectivity index (χ0v) is 27.8. The molecule has 0 fully saturated rings. The molecule has 0 unspecified atom stereocenters. The van der Waals surface area contributed by atoms with Crippen molar-refractivity contribution < 1.29 is 34.3 Å². The lowest BCUT2D eigenvalue weighted by atomic mass is 10.2. The van der Waals surface area contributed by atoms with Gasteiger partial charge < -0.3 is 42.2 Å². The van der Waals surface area contributed by atoms with Gasteiger partial charge in [-0.3, -0.25) is 19.4 Å². The molecule has 0 aromatic carbocycles. The lowest BCUT2D eigenvalue weighted by Crippen LogP contribution is -2.53. The van der Waals surface area contributed by atoms with Crippen LogP contribution in [-0.4, -0.2) is 90.6 Å². The van der Waals surface area contributed by atoms with Crippen LogP contribution in [0.3, 0.4) is 0 Å². The zero-order chi connectivity index (χ0) is 33.1. The van der Waals surface area contributed by atoms with Crippen molar-refractivity contribution in [2.45, 2.75) is 55.3 Å². The van der Waals surface area contributed by atoms with E-state index in [9.17, 15) is 34.3 Å².